The SMILES string of the molecule is Fc1ccc(CCCNC2CCCC2)cc1Cl. The van der Waals surface area contributed by atoms with E-state index in [1.807, 2.05) is 6.07 Å². The zero-order valence-corrected chi connectivity index (χ0v) is 10.8. The highest BCUT2D eigenvalue weighted by Gasteiger charge is 2.13. The van der Waals surface area contributed by atoms with Crippen molar-refractivity contribution in [1.29, 1.82) is 0 Å². The summed E-state index contributed by atoms with van der Waals surface area (Å²) < 4.78 is 12.9. The summed E-state index contributed by atoms with van der Waals surface area (Å²) in [6.45, 7) is 1.04. The Hall–Kier alpha value is -0.600. The van der Waals surface area contributed by atoms with Crippen molar-refractivity contribution in [1.82, 2.24) is 5.32 Å². The second-order valence-corrected chi connectivity index (χ2v) is 5.19. The van der Waals surface area contributed by atoms with Crippen LogP contribution in [0.1, 0.15) is 37.7 Å². The Bertz CT molecular complexity index is 361. The molecule has 1 fully saturated rings. The largest absolute Gasteiger partial charge is 0.314 e. The van der Waals surface area contributed by atoms with Crippen LogP contribution in [0.4, 0.5) is 4.39 Å². The van der Waals surface area contributed by atoms with Crippen LogP contribution in [0.2, 0.25) is 5.02 Å². The number of halogens is 2. The number of rotatable bonds is 5. The van der Waals surface area contributed by atoms with E-state index in [0.717, 1.165) is 31.0 Å². The van der Waals surface area contributed by atoms with E-state index in [9.17, 15) is 4.39 Å². The van der Waals surface area contributed by atoms with Crippen molar-refractivity contribution in [2.45, 2.75) is 44.6 Å². The fourth-order valence-corrected chi connectivity index (χ4v) is 2.63. The van der Waals surface area contributed by atoms with Gasteiger partial charge in [-0.25, -0.2) is 4.39 Å². The minimum atomic E-state index is -0.334. The average molecular weight is 256 g/mol. The molecule has 0 bridgehead atoms. The maximum atomic E-state index is 12.9. The first-order valence-corrected chi connectivity index (χ1v) is 6.81. The highest BCUT2D eigenvalue weighted by atomic mass is 35.5. The van der Waals surface area contributed by atoms with Crippen molar-refractivity contribution in [3.8, 4) is 0 Å². The molecule has 3 heteroatoms. The lowest BCUT2D eigenvalue weighted by molar-refractivity contribution is 0.515. The van der Waals surface area contributed by atoms with Crippen LogP contribution in [-0.4, -0.2) is 12.6 Å². The highest BCUT2D eigenvalue weighted by Crippen LogP contribution is 2.18. The van der Waals surface area contributed by atoms with Gasteiger partial charge < -0.3 is 5.32 Å². The standard InChI is InChI=1S/C14H19ClFN/c15-13-10-11(7-8-14(13)16)4-3-9-17-12-5-1-2-6-12/h7-8,10,12,17H,1-6,9H2. The molecule has 1 aromatic carbocycles. The molecule has 0 saturated heterocycles. The van der Waals surface area contributed by atoms with E-state index < -0.39 is 0 Å². The van der Waals surface area contributed by atoms with Gasteiger partial charge in [0.15, 0.2) is 0 Å². The van der Waals surface area contributed by atoms with Gasteiger partial charge in [-0.3, -0.25) is 0 Å². The average Bonchev–Trinajstić information content (AvgIpc) is 2.82. The minimum absolute atomic E-state index is 0.228. The third-order valence-corrected chi connectivity index (χ3v) is 3.70. The second kappa shape index (κ2) is 6.36. The van der Waals surface area contributed by atoms with Crippen LogP contribution < -0.4 is 5.32 Å². The van der Waals surface area contributed by atoms with Gasteiger partial charge in [0, 0.05) is 6.04 Å². The highest BCUT2D eigenvalue weighted by molar-refractivity contribution is 6.30. The lowest BCUT2D eigenvalue weighted by Gasteiger charge is -2.11. The van der Waals surface area contributed by atoms with Gasteiger partial charge in [-0.15, -0.1) is 0 Å². The molecular weight excluding hydrogens is 237 g/mol. The summed E-state index contributed by atoms with van der Waals surface area (Å²) in [5.74, 6) is -0.334. The number of aryl methyl sites for hydroxylation is 1. The quantitative estimate of drug-likeness (QED) is 0.786. The summed E-state index contributed by atoms with van der Waals surface area (Å²) in [4.78, 5) is 0. The Labute approximate surface area is 107 Å². The summed E-state index contributed by atoms with van der Waals surface area (Å²) in [6, 6.07) is 5.72. The van der Waals surface area contributed by atoms with E-state index in [4.69, 9.17) is 11.6 Å². The summed E-state index contributed by atoms with van der Waals surface area (Å²) in [7, 11) is 0. The summed E-state index contributed by atoms with van der Waals surface area (Å²) in [5, 5.41) is 3.80. The molecule has 2 rings (SSSR count). The van der Waals surface area contributed by atoms with Crippen LogP contribution in [-0.2, 0) is 6.42 Å². The molecule has 1 aliphatic carbocycles. The maximum absolute atomic E-state index is 12.9. The molecule has 0 heterocycles. The van der Waals surface area contributed by atoms with Gasteiger partial charge in [0.05, 0.1) is 5.02 Å². The lowest BCUT2D eigenvalue weighted by Crippen LogP contribution is -2.27. The monoisotopic (exact) mass is 255 g/mol. The van der Waals surface area contributed by atoms with Crippen molar-refractivity contribution >= 4 is 11.6 Å². The zero-order valence-electron chi connectivity index (χ0n) is 10.0. The summed E-state index contributed by atoms with van der Waals surface area (Å²) in [5.41, 5.74) is 1.12. The van der Waals surface area contributed by atoms with E-state index in [1.165, 1.54) is 31.7 Å². The molecule has 1 saturated carbocycles. The molecule has 0 spiro atoms. The predicted octanol–water partition coefficient (Wildman–Crippen LogP) is 3.94. The van der Waals surface area contributed by atoms with E-state index in [2.05, 4.69) is 5.32 Å². The van der Waals surface area contributed by atoms with Crippen molar-refractivity contribution in [3.05, 3.63) is 34.6 Å². The second-order valence-electron chi connectivity index (χ2n) is 4.79. The molecule has 1 aliphatic rings. The topological polar surface area (TPSA) is 12.0 Å². The van der Waals surface area contributed by atoms with Crippen molar-refractivity contribution in [2.24, 2.45) is 0 Å². The molecule has 1 N–H and O–H groups in total. The third kappa shape index (κ3) is 3.97. The Kier molecular flexibility index (Phi) is 4.81. The van der Waals surface area contributed by atoms with Gasteiger partial charge in [-0.05, 0) is 49.9 Å². The minimum Gasteiger partial charge on any atom is -0.314 e. The third-order valence-electron chi connectivity index (χ3n) is 3.41. The van der Waals surface area contributed by atoms with Gasteiger partial charge in [-0.2, -0.15) is 0 Å². The molecule has 0 radical (unpaired) electrons. The Morgan fingerprint density at radius 2 is 2.06 bits per heavy atom. The molecule has 1 nitrogen and oxygen atoms in total. The normalized spacial score (nSPS) is 16.6. The lowest BCUT2D eigenvalue weighted by atomic mass is 10.1. The predicted molar refractivity (Wildman–Crippen MR) is 70.0 cm³/mol. The van der Waals surface area contributed by atoms with Gasteiger partial charge >= 0.3 is 0 Å². The van der Waals surface area contributed by atoms with E-state index in [0.29, 0.717) is 0 Å². The van der Waals surface area contributed by atoms with Crippen LogP contribution in [0.15, 0.2) is 18.2 Å². The number of benzene rings is 1. The number of hydrogen-bond acceptors (Lipinski definition) is 1. The molecule has 17 heavy (non-hydrogen) atoms. The number of hydrogen-bond donors (Lipinski definition) is 1. The van der Waals surface area contributed by atoms with Crippen LogP contribution in [0.5, 0.6) is 0 Å². The van der Waals surface area contributed by atoms with Crippen LogP contribution >= 0.6 is 11.6 Å². The molecule has 0 atom stereocenters. The zero-order chi connectivity index (χ0) is 12.1. The first kappa shape index (κ1) is 12.8. The molecule has 0 aliphatic heterocycles. The van der Waals surface area contributed by atoms with Crippen LogP contribution in [0, 0.1) is 5.82 Å². The van der Waals surface area contributed by atoms with Gasteiger partial charge in [-0.1, -0.05) is 30.5 Å². The molecule has 94 valence electrons. The molecular formula is C14H19ClFN. The summed E-state index contributed by atoms with van der Waals surface area (Å²) in [6.07, 6.45) is 7.42. The Morgan fingerprint density at radius 3 is 2.76 bits per heavy atom. The van der Waals surface area contributed by atoms with Crippen LogP contribution in [0.3, 0.4) is 0 Å². The van der Waals surface area contributed by atoms with Gasteiger partial charge in [0.2, 0.25) is 0 Å². The van der Waals surface area contributed by atoms with E-state index in [-0.39, 0.29) is 10.8 Å². The van der Waals surface area contributed by atoms with Crippen molar-refractivity contribution < 1.29 is 4.39 Å². The molecule has 0 unspecified atom stereocenters. The van der Waals surface area contributed by atoms with Crippen molar-refractivity contribution in [3.63, 3.8) is 0 Å². The van der Waals surface area contributed by atoms with E-state index >= 15 is 0 Å². The first-order chi connectivity index (χ1) is 8.25. The van der Waals surface area contributed by atoms with Gasteiger partial charge in [0.25, 0.3) is 0 Å². The first-order valence-electron chi connectivity index (χ1n) is 6.43. The van der Waals surface area contributed by atoms with Crippen LogP contribution in [0.25, 0.3) is 0 Å². The fourth-order valence-electron chi connectivity index (χ4n) is 2.42. The van der Waals surface area contributed by atoms with Gasteiger partial charge in [0.1, 0.15) is 5.82 Å². The van der Waals surface area contributed by atoms with E-state index in [1.54, 1.807) is 6.07 Å². The fraction of sp³-hybridized carbons (Fsp3) is 0.571. The smallest absolute Gasteiger partial charge is 0.141 e. The molecule has 0 aromatic heterocycles. The molecule has 1 aromatic rings. The Balaban J connectivity index is 1.68. The Morgan fingerprint density at radius 1 is 1.29 bits per heavy atom. The number of nitrogens with one attached hydrogen (secondary N) is 1. The maximum Gasteiger partial charge on any atom is 0.141 e. The van der Waals surface area contributed by atoms with Crippen molar-refractivity contribution in [2.75, 3.05) is 6.54 Å². The summed E-state index contributed by atoms with van der Waals surface area (Å²) >= 11 is 5.74. The molecule has 0 amide bonds.